The third-order valence-electron chi connectivity index (χ3n) is 5.72. The van der Waals surface area contributed by atoms with E-state index in [4.69, 9.17) is 11.6 Å². The van der Waals surface area contributed by atoms with Crippen molar-refractivity contribution in [3.8, 4) is 0 Å². The zero-order chi connectivity index (χ0) is 7.77. The van der Waals surface area contributed by atoms with Crippen LogP contribution in [-0.4, -0.2) is 11.2 Å². The average Bonchev–Trinajstić information content (AvgIpc) is 2.45. The molecule has 0 spiro atoms. The predicted molar refractivity (Wildman–Crippen MR) is 42.6 cm³/mol. The molecule has 0 aromatic carbocycles. The summed E-state index contributed by atoms with van der Waals surface area (Å²) in [5.74, 6) is 6.26. The number of hydrogen-bond acceptors (Lipinski definition) is 1. The molecule has 0 amide bonds. The Balaban J connectivity index is 1.88. The number of Topliss-reactive ketones (excluding diaryl/α,β-unsaturated/α-hetero) is 1. The van der Waals surface area contributed by atoms with Crippen molar-refractivity contribution in [1.82, 2.24) is 0 Å². The van der Waals surface area contributed by atoms with Gasteiger partial charge in [0.05, 0.1) is 0 Å². The van der Waals surface area contributed by atoms with E-state index in [1.165, 1.54) is 0 Å². The summed E-state index contributed by atoms with van der Waals surface area (Å²) in [4.78, 5) is 11.8. The molecule has 0 radical (unpaired) electrons. The number of rotatable bonds is 0. The van der Waals surface area contributed by atoms with Crippen molar-refractivity contribution in [2.24, 2.45) is 47.3 Å². The zero-order valence-corrected chi connectivity index (χ0v) is 7.24. The molecule has 62 valence electrons. The van der Waals surface area contributed by atoms with E-state index in [-0.39, 0.29) is 0 Å². The molecule has 9 atom stereocenters. The molecule has 6 aliphatic rings. The first-order valence-corrected chi connectivity index (χ1v) is 5.44. The number of carbonyl (C=O) groups is 1. The van der Waals surface area contributed by atoms with E-state index in [9.17, 15) is 4.79 Å². The maximum atomic E-state index is 11.8. The Morgan fingerprint density at radius 2 is 1.42 bits per heavy atom. The first-order chi connectivity index (χ1) is 5.82. The van der Waals surface area contributed by atoms with Crippen LogP contribution in [0.15, 0.2) is 0 Å². The second kappa shape index (κ2) is 1.21. The zero-order valence-electron chi connectivity index (χ0n) is 6.48. The number of hydrogen-bond donors (Lipinski definition) is 0. The monoisotopic (exact) mass is 180 g/mol. The summed E-state index contributed by atoms with van der Waals surface area (Å²) in [7, 11) is 0. The standard InChI is InChI=1S/C10H9ClO/c11-9-5-1-2-4(5)8-6(9)3(1)7(2)10(8)12/h1-9H. The van der Waals surface area contributed by atoms with Gasteiger partial charge in [0.15, 0.2) is 0 Å². The average molecular weight is 181 g/mol. The Kier molecular flexibility index (Phi) is 0.569. The van der Waals surface area contributed by atoms with Gasteiger partial charge >= 0.3 is 0 Å². The van der Waals surface area contributed by atoms with Gasteiger partial charge in [0.25, 0.3) is 0 Å². The molecule has 2 heteroatoms. The Morgan fingerprint density at radius 3 is 2.00 bits per heavy atom. The number of alkyl halides is 1. The lowest BCUT2D eigenvalue weighted by Gasteiger charge is -2.62. The van der Waals surface area contributed by atoms with Gasteiger partial charge in [0.1, 0.15) is 5.78 Å². The van der Waals surface area contributed by atoms with Crippen LogP contribution < -0.4 is 0 Å². The summed E-state index contributed by atoms with van der Waals surface area (Å²) in [5.41, 5.74) is 0. The Bertz CT molecular complexity index is 337. The van der Waals surface area contributed by atoms with Crippen molar-refractivity contribution in [2.75, 3.05) is 0 Å². The lowest BCUT2D eigenvalue weighted by molar-refractivity contribution is -0.170. The summed E-state index contributed by atoms with van der Waals surface area (Å²) in [6.45, 7) is 0. The topological polar surface area (TPSA) is 17.1 Å². The van der Waals surface area contributed by atoms with Crippen LogP contribution in [-0.2, 0) is 4.79 Å². The van der Waals surface area contributed by atoms with Crippen LogP contribution in [0, 0.1) is 47.3 Å². The molecule has 9 unspecified atom stereocenters. The first kappa shape index (κ1) is 5.64. The number of ketones is 1. The van der Waals surface area contributed by atoms with E-state index in [1.807, 2.05) is 0 Å². The summed E-state index contributed by atoms with van der Waals surface area (Å²) >= 11 is 6.36. The highest BCUT2D eigenvalue weighted by Crippen LogP contribution is 2.87. The summed E-state index contributed by atoms with van der Waals surface area (Å²) in [6.07, 6.45) is 0. The lowest BCUT2D eigenvalue weighted by Crippen LogP contribution is -2.61. The summed E-state index contributed by atoms with van der Waals surface area (Å²) in [6, 6.07) is 0. The van der Waals surface area contributed by atoms with E-state index < -0.39 is 0 Å². The lowest BCUT2D eigenvalue weighted by atomic mass is 9.41. The summed E-state index contributed by atoms with van der Waals surface area (Å²) < 4.78 is 0. The summed E-state index contributed by atoms with van der Waals surface area (Å²) in [5, 5.41) is 0.391. The molecular weight excluding hydrogens is 172 g/mol. The molecule has 6 rings (SSSR count). The van der Waals surface area contributed by atoms with Gasteiger partial charge in [0.2, 0.25) is 0 Å². The molecule has 0 aromatic heterocycles. The van der Waals surface area contributed by atoms with Gasteiger partial charge in [-0.25, -0.2) is 0 Å². The van der Waals surface area contributed by atoms with Crippen LogP contribution in [0.4, 0.5) is 0 Å². The van der Waals surface area contributed by atoms with E-state index in [0.717, 1.165) is 29.6 Å². The van der Waals surface area contributed by atoms with Gasteiger partial charge in [-0.05, 0) is 35.5 Å². The van der Waals surface area contributed by atoms with Gasteiger partial charge in [-0.15, -0.1) is 11.6 Å². The Morgan fingerprint density at radius 1 is 0.833 bits per heavy atom. The van der Waals surface area contributed by atoms with Gasteiger partial charge < -0.3 is 0 Å². The Labute approximate surface area is 75.5 Å². The maximum Gasteiger partial charge on any atom is 0.140 e. The highest BCUT2D eigenvalue weighted by atomic mass is 35.5. The molecule has 12 heavy (non-hydrogen) atoms. The van der Waals surface area contributed by atoms with Crippen LogP contribution in [0.2, 0.25) is 0 Å². The second-order valence-electron chi connectivity index (χ2n) is 5.36. The van der Waals surface area contributed by atoms with Crippen molar-refractivity contribution in [3.05, 3.63) is 0 Å². The molecule has 0 saturated heterocycles. The van der Waals surface area contributed by atoms with Crippen molar-refractivity contribution in [2.45, 2.75) is 5.38 Å². The SMILES string of the molecule is O=C1C2C3C(Cl)C4C2C2C1C3C42. The van der Waals surface area contributed by atoms with E-state index >= 15 is 0 Å². The third-order valence-corrected chi connectivity index (χ3v) is 6.30. The normalized spacial score (nSPS) is 84.4. The second-order valence-corrected chi connectivity index (χ2v) is 5.87. The molecule has 6 aliphatic carbocycles. The third kappa shape index (κ3) is 0.255. The molecular formula is C10H9ClO. The van der Waals surface area contributed by atoms with Crippen molar-refractivity contribution >= 4 is 17.4 Å². The molecule has 0 aromatic rings. The molecule has 0 heterocycles. The first-order valence-electron chi connectivity index (χ1n) is 5.00. The fraction of sp³-hybridized carbons (Fsp3) is 0.900. The highest BCUT2D eigenvalue weighted by Gasteiger charge is 2.89. The smallest absolute Gasteiger partial charge is 0.140 e. The van der Waals surface area contributed by atoms with Gasteiger partial charge in [-0.1, -0.05) is 0 Å². The molecule has 6 fully saturated rings. The Hall–Kier alpha value is -0.0400. The van der Waals surface area contributed by atoms with Crippen molar-refractivity contribution < 1.29 is 4.79 Å². The van der Waals surface area contributed by atoms with Gasteiger partial charge in [0, 0.05) is 17.2 Å². The van der Waals surface area contributed by atoms with Crippen LogP contribution in [0.3, 0.4) is 0 Å². The van der Waals surface area contributed by atoms with Crippen LogP contribution in [0.5, 0.6) is 0 Å². The molecule has 4 bridgehead atoms. The molecule has 1 nitrogen and oxygen atoms in total. The molecule has 6 saturated carbocycles. The van der Waals surface area contributed by atoms with Crippen LogP contribution in [0.1, 0.15) is 0 Å². The minimum absolute atomic E-state index is 0.391. The largest absolute Gasteiger partial charge is 0.299 e. The number of halogens is 1. The number of carbonyl (C=O) groups excluding carboxylic acids is 1. The quantitative estimate of drug-likeness (QED) is 0.512. The predicted octanol–water partition coefficient (Wildman–Crippen LogP) is 1.16. The fourth-order valence-corrected chi connectivity index (χ4v) is 6.43. The van der Waals surface area contributed by atoms with E-state index in [1.54, 1.807) is 0 Å². The molecule has 0 aliphatic heterocycles. The minimum Gasteiger partial charge on any atom is -0.299 e. The minimum atomic E-state index is 0.391. The van der Waals surface area contributed by atoms with E-state index in [2.05, 4.69) is 0 Å². The van der Waals surface area contributed by atoms with Gasteiger partial charge in [-0.2, -0.15) is 0 Å². The van der Waals surface area contributed by atoms with Crippen molar-refractivity contribution in [3.63, 3.8) is 0 Å². The maximum absolute atomic E-state index is 11.8. The van der Waals surface area contributed by atoms with Crippen molar-refractivity contribution in [1.29, 1.82) is 0 Å². The molecule has 0 N–H and O–H groups in total. The van der Waals surface area contributed by atoms with E-state index in [0.29, 0.717) is 28.9 Å². The van der Waals surface area contributed by atoms with Crippen LogP contribution >= 0.6 is 11.6 Å². The highest BCUT2D eigenvalue weighted by molar-refractivity contribution is 6.22. The van der Waals surface area contributed by atoms with Gasteiger partial charge in [-0.3, -0.25) is 4.79 Å². The fourth-order valence-electron chi connectivity index (χ4n) is 5.77. The van der Waals surface area contributed by atoms with Crippen LogP contribution in [0.25, 0.3) is 0 Å².